The van der Waals surface area contributed by atoms with Gasteiger partial charge in [-0.2, -0.15) is 0 Å². The average molecular weight is 344 g/mol. The van der Waals surface area contributed by atoms with Crippen molar-refractivity contribution in [2.24, 2.45) is 5.73 Å². The number of rotatable bonds is 5. The van der Waals surface area contributed by atoms with Crippen LogP contribution < -0.4 is 16.4 Å². The Hall–Kier alpha value is -3.23. The lowest BCUT2D eigenvalue weighted by Gasteiger charge is -2.27. The van der Waals surface area contributed by atoms with E-state index in [1.54, 1.807) is 12.1 Å². The van der Waals surface area contributed by atoms with Crippen LogP contribution in [0.2, 0.25) is 0 Å². The van der Waals surface area contributed by atoms with Crippen LogP contribution in [0.15, 0.2) is 18.2 Å². The maximum absolute atomic E-state index is 12.8. The number of nitrogens with zero attached hydrogens (tertiary/aromatic N) is 1. The first-order chi connectivity index (χ1) is 11.9. The quantitative estimate of drug-likeness (QED) is 0.608. The Balaban J connectivity index is 1.87. The third-order valence-corrected chi connectivity index (χ3v) is 4.15. The molecule has 1 saturated heterocycles. The van der Waals surface area contributed by atoms with Crippen LogP contribution in [0.25, 0.3) is 0 Å². The van der Waals surface area contributed by atoms with E-state index in [0.29, 0.717) is 5.69 Å². The molecular weight excluding hydrogens is 328 g/mol. The molecule has 0 spiro atoms. The number of nitrogens with one attached hydrogen (secondary N) is 2. The lowest BCUT2D eigenvalue weighted by molar-refractivity contribution is -0.136. The summed E-state index contributed by atoms with van der Waals surface area (Å²) >= 11 is 0. The van der Waals surface area contributed by atoms with E-state index in [1.807, 2.05) is 0 Å². The molecule has 0 saturated carbocycles. The van der Waals surface area contributed by atoms with Crippen molar-refractivity contribution < 1.29 is 24.0 Å². The third kappa shape index (κ3) is 2.95. The molecule has 0 bridgehead atoms. The fraction of sp³-hybridized carbons (Fsp3) is 0.312. The van der Waals surface area contributed by atoms with Crippen molar-refractivity contribution in [3.8, 4) is 0 Å². The number of amides is 5. The Morgan fingerprint density at radius 3 is 2.68 bits per heavy atom. The van der Waals surface area contributed by atoms with E-state index in [-0.39, 0.29) is 36.9 Å². The summed E-state index contributed by atoms with van der Waals surface area (Å²) < 4.78 is 0. The summed E-state index contributed by atoms with van der Waals surface area (Å²) in [5.41, 5.74) is 5.81. The molecule has 1 fully saturated rings. The molecular formula is C16H16N4O5. The molecule has 130 valence electrons. The van der Waals surface area contributed by atoms with E-state index in [4.69, 9.17) is 5.73 Å². The monoisotopic (exact) mass is 344 g/mol. The number of fused-ring (bicyclic) bond motifs is 1. The number of primary amides is 1. The van der Waals surface area contributed by atoms with Crippen molar-refractivity contribution in [1.29, 1.82) is 0 Å². The molecule has 1 aromatic carbocycles. The lowest BCUT2D eigenvalue weighted by atomic mass is 10.0. The van der Waals surface area contributed by atoms with Crippen LogP contribution in [0.3, 0.4) is 0 Å². The Morgan fingerprint density at radius 2 is 2.00 bits per heavy atom. The predicted molar refractivity (Wildman–Crippen MR) is 85.4 cm³/mol. The number of nitrogens with two attached hydrogens (primary N) is 1. The molecule has 3 rings (SSSR count). The van der Waals surface area contributed by atoms with Gasteiger partial charge in [0.2, 0.25) is 17.7 Å². The normalized spacial score (nSPS) is 19.7. The van der Waals surface area contributed by atoms with Gasteiger partial charge in [-0.25, -0.2) is 0 Å². The Kier molecular flexibility index (Phi) is 4.22. The number of imide groups is 2. The van der Waals surface area contributed by atoms with Crippen LogP contribution in [-0.2, 0) is 14.4 Å². The van der Waals surface area contributed by atoms with Gasteiger partial charge < -0.3 is 11.1 Å². The zero-order valence-corrected chi connectivity index (χ0v) is 13.2. The van der Waals surface area contributed by atoms with E-state index in [0.717, 1.165) is 4.90 Å². The highest BCUT2D eigenvalue weighted by atomic mass is 16.2. The highest BCUT2D eigenvalue weighted by Crippen LogP contribution is 2.32. The minimum absolute atomic E-state index is 0.0630. The van der Waals surface area contributed by atoms with Crippen molar-refractivity contribution in [2.45, 2.75) is 25.3 Å². The molecule has 0 aliphatic carbocycles. The third-order valence-electron chi connectivity index (χ3n) is 4.15. The van der Waals surface area contributed by atoms with Crippen LogP contribution in [0.5, 0.6) is 0 Å². The molecule has 4 N–H and O–H groups in total. The van der Waals surface area contributed by atoms with Crippen LogP contribution in [0.4, 0.5) is 5.69 Å². The summed E-state index contributed by atoms with van der Waals surface area (Å²) in [4.78, 5) is 60.4. The minimum atomic E-state index is -1.01. The first kappa shape index (κ1) is 16.6. The molecule has 2 aliphatic rings. The minimum Gasteiger partial charge on any atom is -0.384 e. The second kappa shape index (κ2) is 6.34. The summed E-state index contributed by atoms with van der Waals surface area (Å²) in [6, 6.07) is 3.70. The zero-order chi connectivity index (χ0) is 18.1. The van der Waals surface area contributed by atoms with Crippen LogP contribution >= 0.6 is 0 Å². The summed E-state index contributed by atoms with van der Waals surface area (Å²) in [5, 5.41) is 5.06. The smallest absolute Gasteiger partial charge is 0.264 e. The molecule has 1 atom stereocenters. The molecule has 0 aromatic heterocycles. The van der Waals surface area contributed by atoms with Gasteiger partial charge in [-0.3, -0.25) is 34.2 Å². The van der Waals surface area contributed by atoms with Crippen LogP contribution in [0, 0.1) is 0 Å². The number of hydrogen-bond acceptors (Lipinski definition) is 6. The highest BCUT2D eigenvalue weighted by molar-refractivity contribution is 6.25. The first-order valence-corrected chi connectivity index (χ1v) is 7.77. The summed E-state index contributed by atoms with van der Waals surface area (Å²) in [5.74, 6) is -2.75. The van der Waals surface area contributed by atoms with Crippen LogP contribution in [-0.4, -0.2) is 47.0 Å². The fourth-order valence-electron chi connectivity index (χ4n) is 2.98. The van der Waals surface area contributed by atoms with Gasteiger partial charge in [0.15, 0.2) is 0 Å². The Labute approximate surface area is 142 Å². The molecule has 9 nitrogen and oxygen atoms in total. The second-order valence-corrected chi connectivity index (χ2v) is 5.82. The summed E-state index contributed by atoms with van der Waals surface area (Å²) in [7, 11) is 0. The maximum atomic E-state index is 12.8. The number of benzene rings is 1. The number of piperidine rings is 1. The lowest BCUT2D eigenvalue weighted by Crippen LogP contribution is -2.54. The second-order valence-electron chi connectivity index (χ2n) is 5.82. The van der Waals surface area contributed by atoms with Gasteiger partial charge in [-0.15, -0.1) is 0 Å². The zero-order valence-electron chi connectivity index (χ0n) is 13.2. The van der Waals surface area contributed by atoms with Crippen molar-refractivity contribution >= 4 is 35.2 Å². The van der Waals surface area contributed by atoms with Crippen LogP contribution in [0.1, 0.15) is 40.0 Å². The van der Waals surface area contributed by atoms with Crippen molar-refractivity contribution in [3.05, 3.63) is 29.3 Å². The summed E-state index contributed by atoms with van der Waals surface area (Å²) in [6.45, 7) is 0.214. The van der Waals surface area contributed by atoms with Crippen molar-refractivity contribution in [2.75, 3.05) is 11.9 Å². The van der Waals surface area contributed by atoms with Gasteiger partial charge in [-0.1, -0.05) is 6.07 Å². The molecule has 9 heteroatoms. The standard InChI is InChI=1S/C16H16N4O5/c17-11(21)6-7-18-9-3-1-2-8-13(9)16(25)20(15(8)24)10-4-5-12(22)19-14(10)23/h1-3,10,18H,4-7H2,(H2,17,21)(H,19,22,23). The molecule has 2 heterocycles. The number of carbonyl (C=O) groups is 5. The van der Waals surface area contributed by atoms with E-state index >= 15 is 0 Å². The van der Waals surface area contributed by atoms with E-state index < -0.39 is 35.6 Å². The van der Waals surface area contributed by atoms with E-state index in [9.17, 15) is 24.0 Å². The average Bonchev–Trinajstić information content (AvgIpc) is 2.80. The number of anilines is 1. The van der Waals surface area contributed by atoms with Gasteiger partial charge >= 0.3 is 0 Å². The highest BCUT2D eigenvalue weighted by Gasteiger charge is 2.45. The molecule has 1 unspecified atom stereocenters. The van der Waals surface area contributed by atoms with Gasteiger partial charge in [0.25, 0.3) is 11.8 Å². The van der Waals surface area contributed by atoms with E-state index in [1.165, 1.54) is 6.07 Å². The number of hydrogen-bond donors (Lipinski definition) is 3. The van der Waals surface area contributed by atoms with Crippen molar-refractivity contribution in [1.82, 2.24) is 10.2 Å². The van der Waals surface area contributed by atoms with Gasteiger partial charge in [0.05, 0.1) is 11.1 Å². The largest absolute Gasteiger partial charge is 0.384 e. The summed E-state index contributed by atoms with van der Waals surface area (Å²) in [6.07, 6.45) is 0.233. The molecule has 2 aliphatic heterocycles. The molecule has 25 heavy (non-hydrogen) atoms. The molecule has 1 aromatic rings. The topological polar surface area (TPSA) is 139 Å². The van der Waals surface area contributed by atoms with E-state index in [2.05, 4.69) is 10.6 Å². The SMILES string of the molecule is NC(=O)CCNc1cccc2c1C(=O)N(C1CCC(=O)NC1=O)C2=O. The van der Waals surface area contributed by atoms with Gasteiger partial charge in [-0.05, 0) is 18.6 Å². The molecule has 5 amide bonds. The number of carbonyl (C=O) groups excluding carboxylic acids is 5. The van der Waals surface area contributed by atoms with Gasteiger partial charge in [0.1, 0.15) is 6.04 Å². The Morgan fingerprint density at radius 1 is 1.24 bits per heavy atom. The molecule has 0 radical (unpaired) electrons. The maximum Gasteiger partial charge on any atom is 0.264 e. The van der Waals surface area contributed by atoms with Gasteiger partial charge in [0, 0.05) is 25.1 Å². The first-order valence-electron chi connectivity index (χ1n) is 7.77. The Bertz CT molecular complexity index is 804. The fourth-order valence-corrected chi connectivity index (χ4v) is 2.98. The predicted octanol–water partition coefficient (Wildman–Crippen LogP) is -0.625. The van der Waals surface area contributed by atoms with Crippen molar-refractivity contribution in [3.63, 3.8) is 0 Å².